The van der Waals surface area contributed by atoms with Crippen molar-refractivity contribution in [2.45, 2.75) is 52.6 Å². The number of rotatable bonds is 8. The number of nitrogens with one attached hydrogen (secondary N) is 1. The predicted octanol–water partition coefficient (Wildman–Crippen LogP) is 3.04. The molecule has 0 atom stereocenters. The van der Waals surface area contributed by atoms with E-state index < -0.39 is 0 Å². The Morgan fingerprint density at radius 1 is 1.34 bits per heavy atom. The Morgan fingerprint density at radius 3 is 2.90 bits per heavy atom. The summed E-state index contributed by atoms with van der Waals surface area (Å²) in [5.41, 5.74) is 3.67. The Bertz CT molecular complexity index is 1020. The van der Waals surface area contributed by atoms with E-state index in [9.17, 15) is 4.79 Å². The second-order valence-electron chi connectivity index (χ2n) is 8.14. The van der Waals surface area contributed by atoms with E-state index in [0.717, 1.165) is 34.3 Å². The molecule has 1 fully saturated rings. The van der Waals surface area contributed by atoms with Gasteiger partial charge in [-0.05, 0) is 57.2 Å². The van der Waals surface area contributed by atoms with Crippen LogP contribution < -0.4 is 10.1 Å². The lowest BCUT2D eigenvalue weighted by Crippen LogP contribution is -2.31. The van der Waals surface area contributed by atoms with Crippen LogP contribution >= 0.6 is 0 Å². The molecule has 0 spiro atoms. The molecule has 0 radical (unpaired) electrons. The number of aromatic nitrogens is 4. The van der Waals surface area contributed by atoms with E-state index in [0.29, 0.717) is 18.3 Å². The Labute approximate surface area is 170 Å². The van der Waals surface area contributed by atoms with Crippen LogP contribution in [-0.2, 0) is 17.8 Å². The zero-order chi connectivity index (χ0) is 20.4. The Morgan fingerprint density at radius 2 is 2.17 bits per heavy atom. The summed E-state index contributed by atoms with van der Waals surface area (Å²) in [5.74, 6) is 1.39. The first-order valence-electron chi connectivity index (χ1n) is 10.2. The molecule has 1 aliphatic rings. The molecule has 3 aromatic rings. The molecule has 7 nitrogen and oxygen atoms in total. The molecule has 4 rings (SSSR count). The molecule has 0 aliphatic heterocycles. The van der Waals surface area contributed by atoms with Gasteiger partial charge in [0.1, 0.15) is 0 Å². The highest BCUT2D eigenvalue weighted by atomic mass is 16.5. The van der Waals surface area contributed by atoms with Crippen molar-refractivity contribution < 1.29 is 9.53 Å². The monoisotopic (exact) mass is 393 g/mol. The number of amides is 1. The van der Waals surface area contributed by atoms with Crippen molar-refractivity contribution in [1.29, 1.82) is 0 Å². The van der Waals surface area contributed by atoms with Gasteiger partial charge in [0.2, 0.25) is 11.8 Å². The molecular weight excluding hydrogens is 366 g/mol. The molecule has 0 unspecified atom stereocenters. The van der Waals surface area contributed by atoms with Crippen LogP contribution in [0.2, 0.25) is 0 Å². The largest absolute Gasteiger partial charge is 0.477 e. The fourth-order valence-electron chi connectivity index (χ4n) is 3.32. The third kappa shape index (κ3) is 4.91. The van der Waals surface area contributed by atoms with Gasteiger partial charge in [0.25, 0.3) is 0 Å². The van der Waals surface area contributed by atoms with E-state index in [-0.39, 0.29) is 18.4 Å². The second-order valence-corrected chi connectivity index (χ2v) is 8.14. The first kappa shape index (κ1) is 19.4. The summed E-state index contributed by atoms with van der Waals surface area (Å²) in [6, 6.07) is 4.07. The highest BCUT2D eigenvalue weighted by molar-refractivity contribution is 5.86. The lowest BCUT2D eigenvalue weighted by molar-refractivity contribution is -0.120. The maximum atomic E-state index is 12.1. The number of carbonyl (C=O) groups excluding carboxylic acids is 1. The standard InChI is InChI=1S/C22H27N5O2/c1-14(2)25-21(28)9-20-18-12-27(26-19(18)6-7-23-20)11-17-8-15(3)22(24-10-17)29-13-16-4-5-16/h6-8,10,12,14,16H,4-5,9,11,13H2,1-3H3,(H,25,28). The third-order valence-corrected chi connectivity index (χ3v) is 4.93. The summed E-state index contributed by atoms with van der Waals surface area (Å²) < 4.78 is 7.69. The van der Waals surface area contributed by atoms with Gasteiger partial charge < -0.3 is 10.1 Å². The summed E-state index contributed by atoms with van der Waals surface area (Å²) in [6.45, 7) is 7.28. The zero-order valence-corrected chi connectivity index (χ0v) is 17.2. The number of nitrogens with zero attached hydrogens (tertiary/aromatic N) is 4. The van der Waals surface area contributed by atoms with Crippen LogP contribution in [0.4, 0.5) is 0 Å². The number of carbonyl (C=O) groups is 1. The molecule has 0 bridgehead atoms. The molecule has 3 heterocycles. The van der Waals surface area contributed by atoms with Crippen LogP contribution in [0.3, 0.4) is 0 Å². The van der Waals surface area contributed by atoms with Crippen molar-refractivity contribution in [3.63, 3.8) is 0 Å². The minimum atomic E-state index is -0.0330. The second kappa shape index (κ2) is 8.19. The maximum Gasteiger partial charge on any atom is 0.226 e. The molecule has 1 amide bonds. The number of hydrogen-bond acceptors (Lipinski definition) is 5. The van der Waals surface area contributed by atoms with Crippen LogP contribution in [-0.4, -0.2) is 38.3 Å². The van der Waals surface area contributed by atoms with Gasteiger partial charge in [0.05, 0.1) is 30.8 Å². The number of aryl methyl sites for hydroxylation is 1. The number of pyridine rings is 2. The molecule has 1 N–H and O–H groups in total. The van der Waals surface area contributed by atoms with E-state index >= 15 is 0 Å². The van der Waals surface area contributed by atoms with Gasteiger partial charge in [-0.25, -0.2) is 4.98 Å². The van der Waals surface area contributed by atoms with Crippen molar-refractivity contribution in [3.8, 4) is 5.88 Å². The van der Waals surface area contributed by atoms with E-state index in [1.807, 2.05) is 43.9 Å². The highest BCUT2D eigenvalue weighted by Crippen LogP contribution is 2.29. The quantitative estimate of drug-likeness (QED) is 0.636. The minimum absolute atomic E-state index is 0.0330. The van der Waals surface area contributed by atoms with Crippen molar-refractivity contribution in [3.05, 3.63) is 47.5 Å². The van der Waals surface area contributed by atoms with Crippen LogP contribution in [0.5, 0.6) is 5.88 Å². The zero-order valence-electron chi connectivity index (χ0n) is 17.2. The van der Waals surface area contributed by atoms with Gasteiger partial charge in [-0.3, -0.25) is 14.5 Å². The normalized spacial score (nSPS) is 13.8. The third-order valence-electron chi connectivity index (χ3n) is 4.93. The summed E-state index contributed by atoms with van der Waals surface area (Å²) in [5, 5.41) is 8.45. The lowest BCUT2D eigenvalue weighted by atomic mass is 10.2. The first-order chi connectivity index (χ1) is 14.0. The van der Waals surface area contributed by atoms with Crippen LogP contribution in [0.25, 0.3) is 10.9 Å². The number of fused-ring (bicyclic) bond motifs is 1. The Kier molecular flexibility index (Phi) is 5.47. The lowest BCUT2D eigenvalue weighted by Gasteiger charge is -2.09. The topological polar surface area (TPSA) is 81.9 Å². The average Bonchev–Trinajstić information content (AvgIpc) is 3.39. The molecule has 29 heavy (non-hydrogen) atoms. The molecule has 0 aromatic carbocycles. The van der Waals surface area contributed by atoms with E-state index in [1.165, 1.54) is 12.8 Å². The van der Waals surface area contributed by atoms with Crippen molar-refractivity contribution >= 4 is 16.8 Å². The molecule has 7 heteroatoms. The van der Waals surface area contributed by atoms with Gasteiger partial charge in [-0.2, -0.15) is 5.10 Å². The van der Waals surface area contributed by atoms with Gasteiger partial charge >= 0.3 is 0 Å². The summed E-state index contributed by atoms with van der Waals surface area (Å²) in [6.07, 6.45) is 8.27. The fraction of sp³-hybridized carbons (Fsp3) is 0.455. The van der Waals surface area contributed by atoms with Gasteiger partial charge in [-0.1, -0.05) is 0 Å². The van der Waals surface area contributed by atoms with Gasteiger partial charge in [0, 0.05) is 35.6 Å². The fourth-order valence-corrected chi connectivity index (χ4v) is 3.32. The highest BCUT2D eigenvalue weighted by Gasteiger charge is 2.22. The molecule has 1 saturated carbocycles. The van der Waals surface area contributed by atoms with Crippen molar-refractivity contribution in [2.75, 3.05) is 6.61 Å². The minimum Gasteiger partial charge on any atom is -0.477 e. The first-order valence-corrected chi connectivity index (χ1v) is 10.2. The molecule has 152 valence electrons. The van der Waals surface area contributed by atoms with Crippen LogP contribution in [0.15, 0.2) is 30.7 Å². The Hall–Kier alpha value is -2.96. The summed E-state index contributed by atoms with van der Waals surface area (Å²) in [4.78, 5) is 21.0. The molecule has 1 aliphatic carbocycles. The van der Waals surface area contributed by atoms with E-state index in [2.05, 4.69) is 26.4 Å². The van der Waals surface area contributed by atoms with Crippen molar-refractivity contribution in [2.24, 2.45) is 5.92 Å². The van der Waals surface area contributed by atoms with E-state index in [1.54, 1.807) is 6.20 Å². The molecule has 0 saturated heterocycles. The van der Waals surface area contributed by atoms with Gasteiger partial charge in [-0.15, -0.1) is 0 Å². The van der Waals surface area contributed by atoms with Crippen LogP contribution in [0.1, 0.15) is 43.5 Å². The SMILES string of the molecule is Cc1cc(Cn2cc3c(CC(=O)NC(C)C)nccc3n2)cnc1OCC1CC1. The predicted molar refractivity (Wildman–Crippen MR) is 111 cm³/mol. The number of ether oxygens (including phenoxy) is 1. The smallest absolute Gasteiger partial charge is 0.226 e. The maximum absolute atomic E-state index is 12.1. The number of hydrogen-bond donors (Lipinski definition) is 1. The van der Waals surface area contributed by atoms with Gasteiger partial charge in [0.15, 0.2) is 0 Å². The Balaban J connectivity index is 1.48. The molecular formula is C22H27N5O2. The summed E-state index contributed by atoms with van der Waals surface area (Å²) in [7, 11) is 0. The van der Waals surface area contributed by atoms with Crippen LogP contribution in [0, 0.1) is 12.8 Å². The van der Waals surface area contributed by atoms with Crippen molar-refractivity contribution in [1.82, 2.24) is 25.1 Å². The average molecular weight is 393 g/mol. The molecule has 3 aromatic heterocycles. The van der Waals surface area contributed by atoms with E-state index in [4.69, 9.17) is 4.74 Å². The summed E-state index contributed by atoms with van der Waals surface area (Å²) >= 11 is 0.